The van der Waals surface area contributed by atoms with Crippen LogP contribution in [0.25, 0.3) is 0 Å². The highest BCUT2D eigenvalue weighted by Crippen LogP contribution is 2.62. The van der Waals surface area contributed by atoms with E-state index in [0.717, 1.165) is 70.6 Å². The first kappa shape index (κ1) is 69.0. The maximum Gasteiger partial charge on any atom is 0.316 e. The zero-order chi connectivity index (χ0) is 69.2. The topological polar surface area (TPSA) is 266 Å². The third-order valence-electron chi connectivity index (χ3n) is 23.8. The minimum absolute atomic E-state index is 0.00298. The number of fused-ring (bicyclic) bond motifs is 20. The van der Waals surface area contributed by atoms with Gasteiger partial charge in [0.2, 0.25) is 11.8 Å². The molecule has 8 aliphatic carbocycles. The lowest BCUT2D eigenvalue weighted by atomic mass is 9.89. The molecule has 22 unspecified atom stereocenters. The molecule has 0 radical (unpaired) electrons. The van der Waals surface area contributed by atoms with Gasteiger partial charge in [-0.2, -0.15) is 0 Å². The lowest BCUT2D eigenvalue weighted by Crippen LogP contribution is -2.30. The van der Waals surface area contributed by atoms with E-state index in [9.17, 15) is 38.4 Å². The number of benzene rings is 4. The predicted molar refractivity (Wildman–Crippen MR) is 357 cm³/mol. The summed E-state index contributed by atoms with van der Waals surface area (Å²) >= 11 is 0. The second-order valence-electron chi connectivity index (χ2n) is 30.8. The van der Waals surface area contributed by atoms with Crippen molar-refractivity contribution in [2.75, 3.05) is 10.6 Å². The van der Waals surface area contributed by atoms with Crippen molar-refractivity contribution >= 4 is 59.0 Å². The highest BCUT2D eigenvalue weighted by Gasteiger charge is 2.68. The minimum atomic E-state index is -0.518. The number of carbonyl (C=O) groups is 8. The second kappa shape index (κ2) is 27.9. The van der Waals surface area contributed by atoms with Crippen molar-refractivity contribution in [3.8, 4) is 34.5 Å². The molecule has 12 fully saturated rings. The molecule has 4 aromatic rings. The molecule has 0 aromatic heterocycles. The van der Waals surface area contributed by atoms with Crippen LogP contribution in [0.4, 0.5) is 11.4 Å². The van der Waals surface area contributed by atoms with Crippen molar-refractivity contribution in [3.05, 3.63) is 97.1 Å². The highest BCUT2D eigenvalue weighted by molar-refractivity contribution is 5.95. The van der Waals surface area contributed by atoms with Crippen molar-refractivity contribution < 1.29 is 85.7 Å². The molecule has 4 aliphatic heterocycles. The molecular formula is C78H94N2O18. The molecule has 4 saturated heterocycles. The van der Waals surface area contributed by atoms with Crippen LogP contribution in [-0.4, -0.2) is 96.5 Å². The van der Waals surface area contributed by atoms with Crippen molar-refractivity contribution in [2.24, 2.45) is 93.7 Å². The fourth-order valence-corrected chi connectivity index (χ4v) is 16.3. The summed E-state index contributed by atoms with van der Waals surface area (Å²) in [6.07, 6.45) is 13.8. The van der Waals surface area contributed by atoms with E-state index in [-0.39, 0.29) is 83.1 Å². The lowest BCUT2D eigenvalue weighted by molar-refractivity contribution is -0.144. The Labute approximate surface area is 573 Å². The van der Waals surface area contributed by atoms with Crippen molar-refractivity contribution in [2.45, 2.75) is 195 Å². The molecule has 8 saturated carbocycles. The predicted octanol–water partition coefficient (Wildman–Crippen LogP) is 12.7. The minimum Gasteiger partial charge on any atom is -0.426 e. The summed E-state index contributed by atoms with van der Waals surface area (Å²) in [5.41, 5.74) is 0.500. The van der Waals surface area contributed by atoms with Gasteiger partial charge in [-0.25, -0.2) is 0 Å². The standard InChI is InChI=1S/C20H25NO4.C20H24O5.C19H23NO4.C19H22O5/c1-4-20(2,3)19(23)21-12-5-7-13(8-6-12)24-18(22)15-10-11-9-14(15)17-16(11)25-17;1-4-20(2,3)19(22)24-13-7-5-12(6-8-13)23-18(21)15-10-11-9-14(15)17-16(11)25-17;1-3-10(2)18(21)20-12-4-6-13(7-5-12)23-19(22)15-9-11-8-14(15)17-16(11)24-17;1-3-10(2)18(20)22-12-4-6-13(7-5-12)23-19(21)15-9-11-8-14(15)17-16(11)24-17/h5-8,11,14-17H,4,9-10H2,1-3H3,(H,21,23);5-8,11,14-17H,4,9-10H2,1-3H3;4-7,10-11,14-17H,3,8-9H2,1-2H3,(H,20,21);4-7,10-11,14-17H,3,8-9H2,1-2H3. The molecule has 16 rings (SSSR count). The molecule has 4 aromatic carbocycles. The average Bonchev–Trinajstić information content (AvgIpc) is 1.58. The number of esters is 6. The molecule has 22 atom stereocenters. The van der Waals surface area contributed by atoms with Gasteiger partial charge in [-0.1, -0.05) is 55.4 Å². The Bertz CT molecular complexity index is 3410. The molecule has 524 valence electrons. The first-order valence-corrected chi connectivity index (χ1v) is 35.9. The molecule has 0 spiro atoms. The van der Waals surface area contributed by atoms with Gasteiger partial charge in [0.1, 0.15) is 34.5 Å². The van der Waals surface area contributed by atoms with Crippen LogP contribution in [0.3, 0.4) is 0 Å². The van der Waals surface area contributed by atoms with E-state index in [2.05, 4.69) is 10.6 Å². The summed E-state index contributed by atoms with van der Waals surface area (Å²) in [6, 6.07) is 27.3. The Morgan fingerprint density at radius 3 is 0.949 bits per heavy atom. The fourth-order valence-electron chi connectivity index (χ4n) is 16.3. The summed E-state index contributed by atoms with van der Waals surface area (Å²) in [7, 11) is 0. The van der Waals surface area contributed by atoms with E-state index in [0.29, 0.717) is 148 Å². The van der Waals surface area contributed by atoms with Gasteiger partial charge in [-0.15, -0.1) is 0 Å². The quantitative estimate of drug-likeness (QED) is 0.0473. The van der Waals surface area contributed by atoms with E-state index >= 15 is 0 Å². The van der Waals surface area contributed by atoms with E-state index in [1.54, 1.807) is 97.1 Å². The number of carbonyl (C=O) groups excluding carboxylic acids is 8. The smallest absolute Gasteiger partial charge is 0.316 e. The van der Waals surface area contributed by atoms with Crippen LogP contribution in [0.5, 0.6) is 34.5 Å². The zero-order valence-electron chi connectivity index (χ0n) is 57.8. The summed E-state index contributed by atoms with van der Waals surface area (Å²) in [6.45, 7) is 19.2. The Kier molecular flexibility index (Phi) is 19.6. The van der Waals surface area contributed by atoms with E-state index in [1.807, 2.05) is 69.2 Å². The molecule has 2 amide bonds. The van der Waals surface area contributed by atoms with Crippen LogP contribution < -0.4 is 39.1 Å². The maximum absolute atomic E-state index is 12.5. The van der Waals surface area contributed by atoms with Crippen LogP contribution in [0, 0.1) is 93.7 Å². The average molecular weight is 1350 g/mol. The van der Waals surface area contributed by atoms with Crippen molar-refractivity contribution in [3.63, 3.8) is 0 Å². The summed E-state index contributed by atoms with van der Waals surface area (Å²) in [5.74, 6) is 5.05. The van der Waals surface area contributed by atoms with Crippen LogP contribution in [0.15, 0.2) is 97.1 Å². The van der Waals surface area contributed by atoms with Crippen molar-refractivity contribution in [1.82, 2.24) is 0 Å². The molecule has 4 heterocycles. The van der Waals surface area contributed by atoms with Gasteiger partial charge in [0.15, 0.2) is 0 Å². The summed E-state index contributed by atoms with van der Waals surface area (Å²) in [4.78, 5) is 97.6. The number of hydrogen-bond acceptors (Lipinski definition) is 18. The lowest BCUT2D eigenvalue weighted by Gasteiger charge is -2.21. The molecule has 12 aliphatic rings. The molecule has 8 bridgehead atoms. The SMILES string of the molecule is CCC(C)(C)C(=O)Nc1ccc(OC(=O)C2CC3CC2C2OC32)cc1.CCC(C)(C)C(=O)Oc1ccc(OC(=O)C2CC3CC2C2OC32)cc1.CCC(C)C(=O)Nc1ccc(OC(=O)C2CC3CC2C2OC32)cc1.CCC(C)C(=O)Oc1ccc(OC(=O)C2CC3CC2C2OC32)cc1. The van der Waals surface area contributed by atoms with E-state index in [4.69, 9.17) is 47.4 Å². The Morgan fingerprint density at radius 2 is 0.663 bits per heavy atom. The number of epoxide rings is 4. The number of hydrogen-bond donors (Lipinski definition) is 2. The zero-order valence-corrected chi connectivity index (χ0v) is 57.8. The Balaban J connectivity index is 0.000000118. The summed E-state index contributed by atoms with van der Waals surface area (Å²) in [5, 5.41) is 5.77. The van der Waals surface area contributed by atoms with Gasteiger partial charge >= 0.3 is 35.8 Å². The maximum atomic E-state index is 12.5. The third kappa shape index (κ3) is 14.7. The largest absolute Gasteiger partial charge is 0.426 e. The number of amides is 2. The van der Waals surface area contributed by atoms with Gasteiger partial charge in [0, 0.05) is 46.4 Å². The number of rotatable bonds is 20. The van der Waals surface area contributed by atoms with Gasteiger partial charge in [-0.3, -0.25) is 38.4 Å². The second-order valence-corrected chi connectivity index (χ2v) is 30.8. The third-order valence-corrected chi connectivity index (χ3v) is 23.8. The number of nitrogens with one attached hydrogen (secondary N) is 2. The van der Waals surface area contributed by atoms with E-state index < -0.39 is 10.8 Å². The molecular weight excluding hydrogens is 1250 g/mol. The first-order valence-electron chi connectivity index (χ1n) is 35.9. The highest BCUT2D eigenvalue weighted by atomic mass is 16.6. The Hall–Kier alpha value is -7.52. The van der Waals surface area contributed by atoms with Gasteiger partial charge < -0.3 is 58.0 Å². The van der Waals surface area contributed by atoms with Gasteiger partial charge in [0.25, 0.3) is 0 Å². The van der Waals surface area contributed by atoms with Crippen LogP contribution in [-0.2, 0) is 57.3 Å². The van der Waals surface area contributed by atoms with Gasteiger partial charge in [-0.05, 0) is 212 Å². The number of ether oxygens (including phenoxy) is 10. The van der Waals surface area contributed by atoms with Crippen molar-refractivity contribution in [1.29, 1.82) is 0 Å². The Morgan fingerprint density at radius 1 is 0.378 bits per heavy atom. The molecule has 20 heteroatoms. The fraction of sp³-hybridized carbons (Fsp3) is 0.590. The first-order chi connectivity index (χ1) is 46.9. The van der Waals surface area contributed by atoms with E-state index in [1.165, 1.54) is 0 Å². The monoisotopic (exact) mass is 1350 g/mol. The van der Waals surface area contributed by atoms with Crippen LogP contribution >= 0.6 is 0 Å². The molecule has 20 nitrogen and oxygen atoms in total. The number of anilines is 2. The molecule has 2 N–H and O–H groups in total. The van der Waals surface area contributed by atoms with Gasteiger partial charge in [0.05, 0.1) is 83.8 Å². The van der Waals surface area contributed by atoms with Crippen LogP contribution in [0.1, 0.15) is 146 Å². The normalized spacial score (nSPS) is 32.9. The molecule has 98 heavy (non-hydrogen) atoms. The summed E-state index contributed by atoms with van der Waals surface area (Å²) < 4.78 is 55.2. The van der Waals surface area contributed by atoms with Crippen LogP contribution in [0.2, 0.25) is 0 Å².